The monoisotopic (exact) mass is 377 g/mol. The van der Waals surface area contributed by atoms with Crippen LogP contribution in [-0.4, -0.2) is 28.0 Å². The van der Waals surface area contributed by atoms with Gasteiger partial charge in [0.15, 0.2) is 5.78 Å². The van der Waals surface area contributed by atoms with Crippen LogP contribution >= 0.6 is 11.6 Å². The Labute approximate surface area is 137 Å². The molecule has 11 heteroatoms. The Balaban J connectivity index is 2.36. The van der Waals surface area contributed by atoms with Gasteiger partial charge >= 0.3 is 0 Å². The summed E-state index contributed by atoms with van der Waals surface area (Å²) in [6.07, 6.45) is 1.98. The molecule has 1 aromatic carbocycles. The van der Waals surface area contributed by atoms with E-state index in [1.165, 1.54) is 24.3 Å². The van der Waals surface area contributed by atoms with Crippen molar-refractivity contribution in [3.63, 3.8) is 0 Å². The number of hydrogen-bond acceptors (Lipinski definition) is 6. The lowest BCUT2D eigenvalue weighted by Gasteiger charge is -2.19. The molecule has 0 heterocycles. The number of ketones is 1. The van der Waals surface area contributed by atoms with Crippen molar-refractivity contribution in [1.29, 1.82) is 0 Å². The summed E-state index contributed by atoms with van der Waals surface area (Å²) in [5.74, 6) is -1.01. The first-order valence-corrected chi connectivity index (χ1v) is 9.50. The number of carbonyl (C=O) groups excluding carboxylic acids is 1. The highest BCUT2D eigenvalue weighted by Crippen LogP contribution is 2.23. The van der Waals surface area contributed by atoms with Gasteiger partial charge in [-0.3, -0.25) is 9.52 Å². The molecular formula is C12H12ClN3O5S2. The van der Waals surface area contributed by atoms with E-state index in [1.807, 2.05) is 0 Å². The van der Waals surface area contributed by atoms with Gasteiger partial charge in [-0.1, -0.05) is 0 Å². The van der Waals surface area contributed by atoms with Gasteiger partial charge in [0, 0.05) is 5.69 Å². The zero-order valence-corrected chi connectivity index (χ0v) is 13.8. The van der Waals surface area contributed by atoms with Crippen LogP contribution in [0.5, 0.6) is 0 Å². The Morgan fingerprint density at radius 2 is 1.61 bits per heavy atom. The number of sulfonamides is 2. The maximum absolute atomic E-state index is 12.2. The minimum atomic E-state index is -4.24. The predicted molar refractivity (Wildman–Crippen MR) is 85.1 cm³/mol. The van der Waals surface area contributed by atoms with E-state index in [0.29, 0.717) is 5.69 Å². The third-order valence-electron chi connectivity index (χ3n) is 2.91. The average Bonchev–Trinajstić information content (AvgIpc) is 2.43. The maximum atomic E-state index is 12.2. The summed E-state index contributed by atoms with van der Waals surface area (Å²) in [7, 11) is -8.25. The highest BCUT2D eigenvalue weighted by molar-refractivity contribution is 7.94. The SMILES string of the molecule is Nc1ccc(S(=O)(=O)NC2=CC=C(S(N)(=O)=O)C(=O)C2Cl)cc1. The van der Waals surface area contributed by atoms with E-state index in [-0.39, 0.29) is 10.6 Å². The molecule has 0 spiro atoms. The second-order valence-corrected chi connectivity index (χ2v) is 8.25. The quantitative estimate of drug-likeness (QED) is 0.488. The van der Waals surface area contributed by atoms with E-state index in [9.17, 15) is 21.6 Å². The molecule has 2 rings (SSSR count). The fourth-order valence-electron chi connectivity index (χ4n) is 1.78. The molecule has 0 amide bonds. The van der Waals surface area contributed by atoms with Crippen molar-refractivity contribution in [2.45, 2.75) is 10.3 Å². The molecule has 1 atom stereocenters. The lowest BCUT2D eigenvalue weighted by Crippen LogP contribution is -2.36. The first-order valence-electron chi connectivity index (χ1n) is 6.04. The minimum Gasteiger partial charge on any atom is -0.399 e. The molecule has 23 heavy (non-hydrogen) atoms. The number of carbonyl (C=O) groups is 1. The van der Waals surface area contributed by atoms with Crippen LogP contribution in [0.4, 0.5) is 5.69 Å². The number of rotatable bonds is 4. The van der Waals surface area contributed by atoms with Crippen LogP contribution in [0.2, 0.25) is 0 Å². The number of benzene rings is 1. The summed E-state index contributed by atoms with van der Waals surface area (Å²) < 4.78 is 49.1. The Morgan fingerprint density at radius 3 is 2.13 bits per heavy atom. The van der Waals surface area contributed by atoms with Gasteiger partial charge in [0.25, 0.3) is 10.0 Å². The molecule has 1 aromatic rings. The lowest BCUT2D eigenvalue weighted by atomic mass is 10.1. The van der Waals surface area contributed by atoms with E-state index >= 15 is 0 Å². The summed E-state index contributed by atoms with van der Waals surface area (Å²) >= 11 is 5.83. The molecule has 124 valence electrons. The molecule has 0 radical (unpaired) electrons. The minimum absolute atomic E-state index is 0.0925. The highest BCUT2D eigenvalue weighted by atomic mass is 35.5. The first kappa shape index (κ1) is 17.5. The van der Waals surface area contributed by atoms with Gasteiger partial charge in [0.2, 0.25) is 10.0 Å². The fraction of sp³-hybridized carbons (Fsp3) is 0.0833. The number of anilines is 1. The van der Waals surface area contributed by atoms with E-state index in [0.717, 1.165) is 12.2 Å². The second-order valence-electron chi connectivity index (χ2n) is 4.60. The van der Waals surface area contributed by atoms with Gasteiger partial charge in [-0.25, -0.2) is 22.0 Å². The molecule has 0 aliphatic heterocycles. The number of nitrogen functional groups attached to an aromatic ring is 1. The number of nitrogens with two attached hydrogens (primary N) is 2. The van der Waals surface area contributed by atoms with Crippen molar-refractivity contribution in [1.82, 2.24) is 4.72 Å². The number of alkyl halides is 1. The highest BCUT2D eigenvalue weighted by Gasteiger charge is 2.34. The first-order chi connectivity index (χ1) is 10.5. The smallest absolute Gasteiger partial charge is 0.261 e. The third-order valence-corrected chi connectivity index (χ3v) is 5.69. The summed E-state index contributed by atoms with van der Waals surface area (Å²) in [6.45, 7) is 0. The number of halogens is 1. The maximum Gasteiger partial charge on any atom is 0.261 e. The molecule has 0 saturated carbocycles. The average molecular weight is 378 g/mol. The molecule has 0 bridgehead atoms. The zero-order chi connectivity index (χ0) is 17.4. The summed E-state index contributed by atoms with van der Waals surface area (Å²) in [6, 6.07) is 5.34. The van der Waals surface area contributed by atoms with E-state index in [1.54, 1.807) is 0 Å². The Morgan fingerprint density at radius 1 is 1.04 bits per heavy atom. The Bertz CT molecular complexity index is 918. The predicted octanol–water partition coefficient (Wildman–Crippen LogP) is -0.206. The molecule has 1 aliphatic carbocycles. The molecule has 1 aliphatic rings. The van der Waals surface area contributed by atoms with Crippen molar-refractivity contribution in [2.24, 2.45) is 5.14 Å². The molecule has 8 nitrogen and oxygen atoms in total. The Hall–Kier alpha value is -1.88. The Kier molecular flexibility index (Phi) is 4.53. The summed E-state index contributed by atoms with van der Waals surface area (Å²) in [4.78, 5) is 11.1. The largest absolute Gasteiger partial charge is 0.399 e. The van der Waals surface area contributed by atoms with Crippen LogP contribution in [0.3, 0.4) is 0 Å². The molecule has 1 unspecified atom stereocenters. The van der Waals surface area contributed by atoms with Crippen molar-refractivity contribution in [3.05, 3.63) is 47.0 Å². The standard InChI is InChI=1S/C12H12ClN3O5S2/c13-11-9(5-6-10(12(11)17)22(15,18)19)16-23(20,21)8-3-1-7(14)2-4-8/h1-6,11,16H,14H2,(H2,15,18,19). The summed E-state index contributed by atoms with van der Waals surface area (Å²) in [5, 5.41) is 3.37. The van der Waals surface area contributed by atoms with Gasteiger partial charge in [-0.15, -0.1) is 11.6 Å². The molecular weight excluding hydrogens is 366 g/mol. The number of nitrogens with one attached hydrogen (secondary N) is 1. The molecule has 0 saturated heterocycles. The van der Waals surface area contributed by atoms with Gasteiger partial charge in [-0.2, -0.15) is 0 Å². The van der Waals surface area contributed by atoms with Crippen LogP contribution in [-0.2, 0) is 24.8 Å². The summed E-state index contributed by atoms with van der Waals surface area (Å²) in [5.41, 5.74) is 5.68. The second kappa shape index (κ2) is 5.96. The van der Waals surface area contributed by atoms with Crippen molar-refractivity contribution >= 4 is 43.1 Å². The van der Waals surface area contributed by atoms with Crippen LogP contribution in [0.15, 0.2) is 51.9 Å². The van der Waals surface area contributed by atoms with Crippen LogP contribution in [0, 0.1) is 0 Å². The van der Waals surface area contributed by atoms with E-state index in [2.05, 4.69) is 4.72 Å². The fourth-order valence-corrected chi connectivity index (χ4v) is 3.92. The number of hydrogen-bond donors (Lipinski definition) is 3. The number of Topliss-reactive ketones (excluding diaryl/α,β-unsaturated/α-hetero) is 1. The van der Waals surface area contributed by atoms with Crippen LogP contribution < -0.4 is 15.6 Å². The van der Waals surface area contributed by atoms with Crippen molar-refractivity contribution in [2.75, 3.05) is 5.73 Å². The molecule has 0 aromatic heterocycles. The number of allylic oxidation sites excluding steroid dienone is 4. The van der Waals surface area contributed by atoms with Gasteiger partial charge in [-0.05, 0) is 36.4 Å². The third kappa shape index (κ3) is 3.72. The van der Waals surface area contributed by atoms with Crippen LogP contribution in [0.25, 0.3) is 0 Å². The number of primary sulfonamides is 1. The van der Waals surface area contributed by atoms with Crippen molar-refractivity contribution < 1.29 is 21.6 Å². The van der Waals surface area contributed by atoms with Gasteiger partial charge < -0.3 is 5.73 Å². The van der Waals surface area contributed by atoms with Gasteiger partial charge in [0.1, 0.15) is 10.3 Å². The zero-order valence-electron chi connectivity index (χ0n) is 11.4. The van der Waals surface area contributed by atoms with E-state index < -0.39 is 36.1 Å². The van der Waals surface area contributed by atoms with Crippen LogP contribution in [0.1, 0.15) is 0 Å². The topological polar surface area (TPSA) is 149 Å². The van der Waals surface area contributed by atoms with Gasteiger partial charge in [0.05, 0.1) is 10.6 Å². The molecule has 0 fully saturated rings. The van der Waals surface area contributed by atoms with E-state index in [4.69, 9.17) is 22.5 Å². The van der Waals surface area contributed by atoms with Crippen molar-refractivity contribution in [3.8, 4) is 0 Å². The lowest BCUT2D eigenvalue weighted by molar-refractivity contribution is -0.114. The molecule has 5 N–H and O–H groups in total. The normalized spacial score (nSPS) is 19.0.